The van der Waals surface area contributed by atoms with E-state index in [1.165, 1.54) is 0 Å². The molecule has 0 radical (unpaired) electrons. The zero-order valence-corrected chi connectivity index (χ0v) is 15.6. The van der Waals surface area contributed by atoms with Gasteiger partial charge < -0.3 is 9.47 Å². The zero-order chi connectivity index (χ0) is 18.8. The molecule has 0 N–H and O–H groups in total. The molecular weight excluding hydrogens is 316 g/mol. The Morgan fingerprint density at radius 1 is 1.36 bits per heavy atom. The van der Waals surface area contributed by atoms with E-state index in [-0.39, 0.29) is 5.97 Å². The molecule has 0 saturated carbocycles. The van der Waals surface area contributed by atoms with Crippen molar-refractivity contribution in [3.63, 3.8) is 0 Å². The van der Waals surface area contributed by atoms with Crippen molar-refractivity contribution in [1.82, 2.24) is 4.98 Å². The van der Waals surface area contributed by atoms with Crippen LogP contribution in [0.3, 0.4) is 0 Å². The van der Waals surface area contributed by atoms with Gasteiger partial charge in [-0.15, -0.1) is 0 Å². The third-order valence-corrected chi connectivity index (χ3v) is 3.98. The van der Waals surface area contributed by atoms with Crippen LogP contribution in [0.5, 0.6) is 5.75 Å². The summed E-state index contributed by atoms with van der Waals surface area (Å²) in [4.78, 5) is 17.3. The lowest BCUT2D eigenvalue weighted by molar-refractivity contribution is -0.156. The van der Waals surface area contributed by atoms with Crippen LogP contribution in [-0.4, -0.2) is 23.7 Å². The standard InChI is InChI=1S/C20H24N2O3/c1-7-14(19(23)25-20(3,4)5)18-12(2)22-17-10-13(24-6)8-9-15(17)16(18)11-21/h8-10,14H,7H2,1-6H3. The molecule has 0 amide bonds. The van der Waals surface area contributed by atoms with E-state index in [2.05, 4.69) is 11.1 Å². The molecule has 1 aromatic heterocycles. The molecule has 0 fully saturated rings. The third-order valence-electron chi connectivity index (χ3n) is 3.98. The second-order valence-corrected chi connectivity index (χ2v) is 6.98. The van der Waals surface area contributed by atoms with Crippen LogP contribution >= 0.6 is 0 Å². The van der Waals surface area contributed by atoms with Crippen LogP contribution in [0.25, 0.3) is 10.9 Å². The van der Waals surface area contributed by atoms with Crippen LogP contribution in [0.15, 0.2) is 18.2 Å². The Morgan fingerprint density at radius 3 is 2.56 bits per heavy atom. The zero-order valence-electron chi connectivity index (χ0n) is 15.6. The summed E-state index contributed by atoms with van der Waals surface area (Å²) in [7, 11) is 1.59. The number of benzene rings is 1. The Hall–Kier alpha value is -2.61. The monoisotopic (exact) mass is 340 g/mol. The van der Waals surface area contributed by atoms with Gasteiger partial charge in [-0.25, -0.2) is 0 Å². The molecule has 0 bridgehead atoms. The SMILES string of the molecule is CCC(C(=O)OC(C)(C)C)c1c(C)nc2cc(OC)ccc2c1C#N. The highest BCUT2D eigenvalue weighted by atomic mass is 16.6. The number of carbonyl (C=O) groups is 1. The first-order chi connectivity index (χ1) is 11.7. The first-order valence-corrected chi connectivity index (χ1v) is 8.33. The highest BCUT2D eigenvalue weighted by molar-refractivity contribution is 5.90. The third kappa shape index (κ3) is 3.90. The maximum absolute atomic E-state index is 12.7. The summed E-state index contributed by atoms with van der Waals surface area (Å²) >= 11 is 0. The summed E-state index contributed by atoms with van der Waals surface area (Å²) in [6.45, 7) is 9.23. The lowest BCUT2D eigenvalue weighted by Crippen LogP contribution is -2.28. The van der Waals surface area contributed by atoms with Crippen molar-refractivity contribution >= 4 is 16.9 Å². The van der Waals surface area contributed by atoms with Crippen LogP contribution in [0.1, 0.15) is 56.9 Å². The highest BCUT2D eigenvalue weighted by Gasteiger charge is 2.30. The summed E-state index contributed by atoms with van der Waals surface area (Å²) in [6.07, 6.45) is 0.535. The molecule has 0 aliphatic rings. The van der Waals surface area contributed by atoms with Gasteiger partial charge in [0, 0.05) is 22.7 Å². The van der Waals surface area contributed by atoms with Gasteiger partial charge in [0.15, 0.2) is 0 Å². The fourth-order valence-corrected chi connectivity index (χ4v) is 2.92. The quantitative estimate of drug-likeness (QED) is 0.778. The lowest BCUT2D eigenvalue weighted by atomic mass is 9.89. The number of methoxy groups -OCH3 is 1. The molecule has 132 valence electrons. The van der Waals surface area contributed by atoms with Gasteiger partial charge in [-0.3, -0.25) is 9.78 Å². The van der Waals surface area contributed by atoms with Gasteiger partial charge in [0.05, 0.1) is 24.1 Å². The maximum atomic E-state index is 12.7. The Bertz CT molecular complexity index is 845. The number of nitrogens with zero attached hydrogens (tertiary/aromatic N) is 2. The average molecular weight is 340 g/mol. The first-order valence-electron chi connectivity index (χ1n) is 8.33. The molecular formula is C20H24N2O3. The van der Waals surface area contributed by atoms with Crippen LogP contribution in [0.2, 0.25) is 0 Å². The molecule has 0 aliphatic heterocycles. The number of carbonyl (C=O) groups excluding carboxylic acids is 1. The molecule has 1 atom stereocenters. The van der Waals surface area contributed by atoms with Gasteiger partial charge >= 0.3 is 5.97 Å². The predicted molar refractivity (Wildman–Crippen MR) is 96.6 cm³/mol. The van der Waals surface area contributed by atoms with Crippen molar-refractivity contribution in [2.75, 3.05) is 7.11 Å². The topological polar surface area (TPSA) is 72.2 Å². The molecule has 2 aromatic rings. The van der Waals surface area contributed by atoms with E-state index in [0.29, 0.717) is 39.9 Å². The van der Waals surface area contributed by atoms with Crippen molar-refractivity contribution in [1.29, 1.82) is 5.26 Å². The normalized spacial score (nSPS) is 12.5. The van der Waals surface area contributed by atoms with E-state index in [1.807, 2.05) is 40.7 Å². The minimum Gasteiger partial charge on any atom is -0.497 e. The number of ether oxygens (including phenoxy) is 2. The largest absolute Gasteiger partial charge is 0.497 e. The number of aromatic nitrogens is 1. The number of hydrogen-bond donors (Lipinski definition) is 0. The minimum atomic E-state index is -0.580. The Labute approximate surface area is 148 Å². The molecule has 1 heterocycles. The second-order valence-electron chi connectivity index (χ2n) is 6.98. The van der Waals surface area contributed by atoms with E-state index >= 15 is 0 Å². The van der Waals surface area contributed by atoms with Crippen molar-refractivity contribution in [3.8, 4) is 11.8 Å². The molecule has 5 nitrogen and oxygen atoms in total. The van der Waals surface area contributed by atoms with E-state index < -0.39 is 11.5 Å². The molecule has 1 unspecified atom stereocenters. The summed E-state index contributed by atoms with van der Waals surface area (Å²) in [5.74, 6) is -0.174. The van der Waals surface area contributed by atoms with E-state index in [9.17, 15) is 10.1 Å². The summed E-state index contributed by atoms with van der Waals surface area (Å²) in [5.41, 5.74) is 1.88. The number of pyridine rings is 1. The number of esters is 1. The number of nitriles is 1. The first kappa shape index (κ1) is 18.7. The highest BCUT2D eigenvalue weighted by Crippen LogP contribution is 2.33. The molecule has 25 heavy (non-hydrogen) atoms. The number of aryl methyl sites for hydroxylation is 1. The Morgan fingerprint density at radius 2 is 2.04 bits per heavy atom. The van der Waals surface area contributed by atoms with Crippen molar-refractivity contribution in [2.45, 2.75) is 52.6 Å². The van der Waals surface area contributed by atoms with Crippen LogP contribution in [-0.2, 0) is 9.53 Å². The molecule has 0 saturated heterocycles. The van der Waals surface area contributed by atoms with Crippen molar-refractivity contribution in [3.05, 3.63) is 35.0 Å². The fourth-order valence-electron chi connectivity index (χ4n) is 2.92. The molecule has 0 aliphatic carbocycles. The Kier molecular flexibility index (Phi) is 5.32. The summed E-state index contributed by atoms with van der Waals surface area (Å²) in [5, 5.41) is 10.5. The van der Waals surface area contributed by atoms with Gasteiger partial charge in [-0.05, 0) is 46.2 Å². The van der Waals surface area contributed by atoms with Crippen LogP contribution < -0.4 is 4.74 Å². The number of hydrogen-bond acceptors (Lipinski definition) is 5. The van der Waals surface area contributed by atoms with Crippen LogP contribution in [0, 0.1) is 18.3 Å². The van der Waals surface area contributed by atoms with Gasteiger partial charge in [-0.2, -0.15) is 5.26 Å². The van der Waals surface area contributed by atoms with Gasteiger partial charge in [0.25, 0.3) is 0 Å². The van der Waals surface area contributed by atoms with E-state index in [4.69, 9.17) is 9.47 Å². The van der Waals surface area contributed by atoms with E-state index in [1.54, 1.807) is 19.2 Å². The summed E-state index contributed by atoms with van der Waals surface area (Å²) < 4.78 is 10.8. The van der Waals surface area contributed by atoms with Crippen molar-refractivity contribution < 1.29 is 14.3 Å². The van der Waals surface area contributed by atoms with Gasteiger partial charge in [0.1, 0.15) is 17.4 Å². The minimum absolute atomic E-state index is 0.329. The van der Waals surface area contributed by atoms with Gasteiger partial charge in [0.2, 0.25) is 0 Å². The molecule has 2 rings (SSSR count). The smallest absolute Gasteiger partial charge is 0.314 e. The lowest BCUT2D eigenvalue weighted by Gasteiger charge is -2.25. The molecule has 1 aromatic carbocycles. The fraction of sp³-hybridized carbons (Fsp3) is 0.450. The number of fused-ring (bicyclic) bond motifs is 1. The summed E-state index contributed by atoms with van der Waals surface area (Å²) in [6, 6.07) is 7.65. The second kappa shape index (κ2) is 7.10. The van der Waals surface area contributed by atoms with Gasteiger partial charge in [-0.1, -0.05) is 6.92 Å². The maximum Gasteiger partial charge on any atom is 0.314 e. The average Bonchev–Trinajstić information content (AvgIpc) is 2.53. The number of rotatable bonds is 4. The molecule has 5 heteroatoms. The van der Waals surface area contributed by atoms with Crippen molar-refractivity contribution in [2.24, 2.45) is 0 Å². The molecule has 0 spiro atoms. The van der Waals surface area contributed by atoms with E-state index in [0.717, 1.165) is 0 Å². The van der Waals surface area contributed by atoms with Crippen LogP contribution in [0.4, 0.5) is 0 Å². The predicted octanol–water partition coefficient (Wildman–Crippen LogP) is 4.26. The Balaban J connectivity index is 2.65.